The Kier molecular flexibility index (Phi) is 2.84. The first kappa shape index (κ1) is 9.51. The molecule has 4 heteroatoms. The van der Waals surface area contributed by atoms with Crippen molar-refractivity contribution in [1.29, 1.82) is 0 Å². The zero-order valence-corrected chi connectivity index (χ0v) is 7.59. The van der Waals surface area contributed by atoms with Gasteiger partial charge in [-0.05, 0) is 6.42 Å². The van der Waals surface area contributed by atoms with E-state index in [2.05, 4.69) is 9.72 Å². The van der Waals surface area contributed by atoms with E-state index in [9.17, 15) is 9.59 Å². The van der Waals surface area contributed by atoms with Crippen molar-refractivity contribution >= 4 is 5.97 Å². The molecule has 70 valence electrons. The summed E-state index contributed by atoms with van der Waals surface area (Å²) >= 11 is 0. The smallest absolute Gasteiger partial charge is 0.343 e. The van der Waals surface area contributed by atoms with Gasteiger partial charge in [0.05, 0.1) is 7.11 Å². The third kappa shape index (κ3) is 1.77. The quantitative estimate of drug-likeness (QED) is 0.684. The number of hydrogen-bond donors (Lipinski definition) is 1. The maximum Gasteiger partial charge on any atom is 0.343 e. The minimum Gasteiger partial charge on any atom is -0.465 e. The van der Waals surface area contributed by atoms with E-state index in [0.29, 0.717) is 12.0 Å². The van der Waals surface area contributed by atoms with Crippen LogP contribution in [-0.2, 0) is 11.2 Å². The van der Waals surface area contributed by atoms with Gasteiger partial charge in [0, 0.05) is 18.0 Å². The lowest BCUT2D eigenvalue weighted by atomic mass is 10.1. The zero-order chi connectivity index (χ0) is 9.84. The molecule has 0 aliphatic carbocycles. The topological polar surface area (TPSA) is 59.2 Å². The molecule has 1 N–H and O–H groups in total. The molecule has 1 aromatic heterocycles. The van der Waals surface area contributed by atoms with E-state index in [0.717, 1.165) is 0 Å². The van der Waals surface area contributed by atoms with Gasteiger partial charge in [0.15, 0.2) is 5.43 Å². The van der Waals surface area contributed by atoms with Gasteiger partial charge in [-0.25, -0.2) is 4.79 Å². The molecule has 0 atom stereocenters. The number of aromatic nitrogens is 1. The number of aromatic amines is 1. The van der Waals surface area contributed by atoms with Crippen LogP contribution in [0.25, 0.3) is 0 Å². The molecule has 0 radical (unpaired) electrons. The molecule has 1 heterocycles. The van der Waals surface area contributed by atoms with Crippen LogP contribution in [0.1, 0.15) is 22.8 Å². The average Bonchev–Trinajstić information content (AvgIpc) is 2.17. The van der Waals surface area contributed by atoms with Crippen LogP contribution in [-0.4, -0.2) is 18.1 Å². The number of esters is 1. The fourth-order valence-corrected chi connectivity index (χ4v) is 1.05. The van der Waals surface area contributed by atoms with Gasteiger partial charge in [-0.15, -0.1) is 0 Å². The maximum absolute atomic E-state index is 11.5. The van der Waals surface area contributed by atoms with Crippen molar-refractivity contribution in [3.8, 4) is 0 Å². The molecule has 13 heavy (non-hydrogen) atoms. The summed E-state index contributed by atoms with van der Waals surface area (Å²) in [5.74, 6) is -0.600. The van der Waals surface area contributed by atoms with Crippen molar-refractivity contribution in [3.63, 3.8) is 0 Å². The van der Waals surface area contributed by atoms with Crippen molar-refractivity contribution < 1.29 is 9.53 Å². The summed E-state index contributed by atoms with van der Waals surface area (Å²) in [4.78, 5) is 25.3. The Morgan fingerprint density at radius 2 is 2.23 bits per heavy atom. The highest BCUT2D eigenvalue weighted by Gasteiger charge is 2.11. The molecule has 0 aromatic carbocycles. The van der Waals surface area contributed by atoms with Crippen molar-refractivity contribution in [2.45, 2.75) is 13.3 Å². The number of rotatable bonds is 2. The number of nitrogens with one attached hydrogen (secondary N) is 1. The number of H-pyrrole nitrogens is 1. The second-order valence-corrected chi connectivity index (χ2v) is 2.57. The monoisotopic (exact) mass is 181 g/mol. The van der Waals surface area contributed by atoms with E-state index >= 15 is 0 Å². The molecule has 0 spiro atoms. The summed E-state index contributed by atoms with van der Waals surface area (Å²) in [6.45, 7) is 1.85. The normalized spacial score (nSPS) is 9.69. The molecule has 4 nitrogen and oxygen atoms in total. The number of aryl methyl sites for hydroxylation is 1. The summed E-state index contributed by atoms with van der Waals surface area (Å²) < 4.78 is 4.46. The maximum atomic E-state index is 11.5. The Bertz CT molecular complexity index is 367. The number of ether oxygens (including phenoxy) is 1. The lowest BCUT2D eigenvalue weighted by Gasteiger charge is -1.99. The molecule has 0 aliphatic heterocycles. The van der Waals surface area contributed by atoms with Gasteiger partial charge in [-0.3, -0.25) is 4.79 Å². The highest BCUT2D eigenvalue weighted by molar-refractivity contribution is 5.88. The van der Waals surface area contributed by atoms with Gasteiger partial charge in [0.2, 0.25) is 0 Å². The second kappa shape index (κ2) is 3.89. The molecule has 1 rings (SSSR count). The molecular weight excluding hydrogens is 170 g/mol. The van der Waals surface area contributed by atoms with Crippen LogP contribution in [0.4, 0.5) is 0 Å². The van der Waals surface area contributed by atoms with E-state index in [4.69, 9.17) is 0 Å². The Hall–Kier alpha value is -1.58. The molecule has 0 bridgehead atoms. The summed E-state index contributed by atoms with van der Waals surface area (Å²) in [5, 5.41) is 0. The third-order valence-corrected chi connectivity index (χ3v) is 1.81. The highest BCUT2D eigenvalue weighted by atomic mass is 16.5. The molecule has 0 aliphatic rings. The van der Waals surface area contributed by atoms with Crippen LogP contribution >= 0.6 is 0 Å². The van der Waals surface area contributed by atoms with E-state index in [1.807, 2.05) is 6.92 Å². The molecule has 0 unspecified atom stereocenters. The predicted octanol–water partition coefficient (Wildman–Crippen LogP) is 0.724. The first-order chi connectivity index (χ1) is 6.20. The second-order valence-electron chi connectivity index (χ2n) is 2.57. The Balaban J connectivity index is 3.24. The van der Waals surface area contributed by atoms with Gasteiger partial charge in [-0.2, -0.15) is 0 Å². The Labute approximate surface area is 75.5 Å². The first-order valence-electron chi connectivity index (χ1n) is 3.99. The minimum absolute atomic E-state index is 0.0573. The van der Waals surface area contributed by atoms with Crippen LogP contribution < -0.4 is 5.43 Å². The highest BCUT2D eigenvalue weighted by Crippen LogP contribution is 1.96. The summed E-state index contributed by atoms with van der Waals surface area (Å²) in [6, 6.07) is 0. The fraction of sp³-hybridized carbons (Fsp3) is 0.333. The van der Waals surface area contributed by atoms with Crippen molar-refractivity contribution in [2.75, 3.05) is 7.11 Å². The first-order valence-corrected chi connectivity index (χ1v) is 3.99. The Morgan fingerprint density at radius 3 is 2.77 bits per heavy atom. The average molecular weight is 181 g/mol. The van der Waals surface area contributed by atoms with Crippen LogP contribution in [0.5, 0.6) is 0 Å². The molecular formula is C9H11NO3. The van der Waals surface area contributed by atoms with Gasteiger partial charge < -0.3 is 9.72 Å². The molecule has 0 saturated carbocycles. The Morgan fingerprint density at radius 1 is 1.54 bits per heavy atom. The predicted molar refractivity (Wildman–Crippen MR) is 47.8 cm³/mol. The zero-order valence-electron chi connectivity index (χ0n) is 7.59. The minimum atomic E-state index is -0.600. The lowest BCUT2D eigenvalue weighted by Crippen LogP contribution is -2.19. The van der Waals surface area contributed by atoms with Crippen LogP contribution in [0, 0.1) is 0 Å². The van der Waals surface area contributed by atoms with E-state index in [1.54, 1.807) is 6.20 Å². The number of methoxy groups -OCH3 is 1. The van der Waals surface area contributed by atoms with E-state index < -0.39 is 5.97 Å². The van der Waals surface area contributed by atoms with Gasteiger partial charge in [0.25, 0.3) is 0 Å². The SMILES string of the molecule is CCc1c[nH]cc(C(=O)OC)c1=O. The van der Waals surface area contributed by atoms with Gasteiger partial charge >= 0.3 is 5.97 Å². The van der Waals surface area contributed by atoms with Gasteiger partial charge in [-0.1, -0.05) is 6.92 Å². The van der Waals surface area contributed by atoms with Crippen molar-refractivity contribution in [2.24, 2.45) is 0 Å². The number of carbonyl (C=O) groups is 1. The van der Waals surface area contributed by atoms with Gasteiger partial charge in [0.1, 0.15) is 5.56 Å². The summed E-state index contributed by atoms with van der Waals surface area (Å²) in [6.07, 6.45) is 3.54. The molecule has 0 fully saturated rings. The summed E-state index contributed by atoms with van der Waals surface area (Å²) in [7, 11) is 1.25. The standard InChI is InChI=1S/C9H11NO3/c1-3-6-4-10-5-7(8(6)11)9(12)13-2/h4-5H,3H2,1-2H3,(H,10,11). The van der Waals surface area contributed by atoms with Crippen molar-refractivity contribution in [3.05, 3.63) is 33.7 Å². The number of carbonyl (C=O) groups excluding carboxylic acids is 1. The number of pyridine rings is 1. The fourth-order valence-electron chi connectivity index (χ4n) is 1.05. The van der Waals surface area contributed by atoms with E-state index in [1.165, 1.54) is 13.3 Å². The summed E-state index contributed by atoms with van der Waals surface area (Å²) in [5.41, 5.74) is 0.387. The van der Waals surface area contributed by atoms with Crippen LogP contribution in [0.3, 0.4) is 0 Å². The molecule has 1 aromatic rings. The van der Waals surface area contributed by atoms with Crippen molar-refractivity contribution in [1.82, 2.24) is 4.98 Å². The lowest BCUT2D eigenvalue weighted by molar-refractivity contribution is 0.0598. The largest absolute Gasteiger partial charge is 0.465 e. The van der Waals surface area contributed by atoms with E-state index in [-0.39, 0.29) is 11.0 Å². The van der Waals surface area contributed by atoms with Crippen LogP contribution in [0.15, 0.2) is 17.2 Å². The molecule has 0 saturated heterocycles. The third-order valence-electron chi connectivity index (χ3n) is 1.81. The van der Waals surface area contributed by atoms with Crippen LogP contribution in [0.2, 0.25) is 0 Å². The number of hydrogen-bond acceptors (Lipinski definition) is 3. The molecule has 0 amide bonds.